The standard InChI is InChI=1S/C13H11F2NO/c1-8-4-9(14)2-3-13(8)17-12-6-10(15)5-11(16)7-12/h2-7H,16H2,1H3. The quantitative estimate of drug-likeness (QED) is 0.806. The number of rotatable bonds is 2. The summed E-state index contributed by atoms with van der Waals surface area (Å²) in [4.78, 5) is 0. The third kappa shape index (κ3) is 2.72. The van der Waals surface area contributed by atoms with E-state index < -0.39 is 5.82 Å². The molecule has 0 aliphatic heterocycles. The van der Waals surface area contributed by atoms with Gasteiger partial charge in [-0.2, -0.15) is 0 Å². The van der Waals surface area contributed by atoms with Crippen LogP contribution >= 0.6 is 0 Å². The monoisotopic (exact) mass is 235 g/mol. The first-order valence-corrected chi connectivity index (χ1v) is 5.04. The third-order valence-electron chi connectivity index (χ3n) is 2.26. The van der Waals surface area contributed by atoms with E-state index in [4.69, 9.17) is 10.5 Å². The number of halogens is 2. The van der Waals surface area contributed by atoms with Crippen LogP contribution in [0.4, 0.5) is 14.5 Å². The fourth-order valence-corrected chi connectivity index (χ4v) is 1.50. The molecule has 0 atom stereocenters. The van der Waals surface area contributed by atoms with Crippen molar-refractivity contribution in [1.82, 2.24) is 0 Å². The van der Waals surface area contributed by atoms with Crippen LogP contribution < -0.4 is 10.5 Å². The first-order chi connectivity index (χ1) is 8.04. The van der Waals surface area contributed by atoms with Gasteiger partial charge >= 0.3 is 0 Å². The van der Waals surface area contributed by atoms with Crippen LogP contribution in [0.15, 0.2) is 36.4 Å². The van der Waals surface area contributed by atoms with Crippen LogP contribution in [0.25, 0.3) is 0 Å². The van der Waals surface area contributed by atoms with E-state index in [-0.39, 0.29) is 17.3 Å². The summed E-state index contributed by atoms with van der Waals surface area (Å²) in [5.41, 5.74) is 6.41. The summed E-state index contributed by atoms with van der Waals surface area (Å²) in [6.45, 7) is 1.71. The summed E-state index contributed by atoms with van der Waals surface area (Å²) < 4.78 is 31.4. The molecule has 0 spiro atoms. The maximum Gasteiger partial charge on any atom is 0.132 e. The minimum atomic E-state index is -0.472. The van der Waals surface area contributed by atoms with Crippen LogP contribution in [-0.2, 0) is 0 Å². The van der Waals surface area contributed by atoms with Crippen molar-refractivity contribution in [3.8, 4) is 11.5 Å². The molecule has 17 heavy (non-hydrogen) atoms. The molecule has 2 aromatic carbocycles. The van der Waals surface area contributed by atoms with Gasteiger partial charge in [-0.05, 0) is 36.8 Å². The van der Waals surface area contributed by atoms with E-state index in [9.17, 15) is 8.78 Å². The molecular formula is C13H11F2NO. The Morgan fingerprint density at radius 1 is 1.00 bits per heavy atom. The van der Waals surface area contributed by atoms with Crippen molar-refractivity contribution in [2.24, 2.45) is 0 Å². The smallest absolute Gasteiger partial charge is 0.132 e. The molecule has 88 valence electrons. The van der Waals surface area contributed by atoms with Crippen molar-refractivity contribution in [3.05, 3.63) is 53.6 Å². The zero-order valence-electron chi connectivity index (χ0n) is 9.21. The molecule has 0 radical (unpaired) electrons. The Labute approximate surface area is 97.6 Å². The van der Waals surface area contributed by atoms with Gasteiger partial charge in [0.05, 0.1) is 0 Å². The maximum atomic E-state index is 13.1. The van der Waals surface area contributed by atoms with E-state index in [0.717, 1.165) is 0 Å². The van der Waals surface area contributed by atoms with Crippen LogP contribution in [0.5, 0.6) is 11.5 Å². The summed E-state index contributed by atoms with van der Waals surface area (Å²) in [7, 11) is 0. The van der Waals surface area contributed by atoms with Gasteiger partial charge in [0.15, 0.2) is 0 Å². The Hall–Kier alpha value is -2.10. The third-order valence-corrected chi connectivity index (χ3v) is 2.26. The van der Waals surface area contributed by atoms with Crippen LogP contribution in [0.2, 0.25) is 0 Å². The first kappa shape index (κ1) is 11.4. The Balaban J connectivity index is 2.31. The number of hydrogen-bond acceptors (Lipinski definition) is 2. The molecular weight excluding hydrogens is 224 g/mol. The van der Waals surface area contributed by atoms with Gasteiger partial charge in [-0.3, -0.25) is 0 Å². The molecule has 0 unspecified atom stereocenters. The normalized spacial score (nSPS) is 10.3. The van der Waals surface area contributed by atoms with E-state index in [0.29, 0.717) is 11.3 Å². The van der Waals surface area contributed by atoms with Crippen LogP contribution in [0.1, 0.15) is 5.56 Å². The van der Waals surface area contributed by atoms with Crippen molar-refractivity contribution < 1.29 is 13.5 Å². The second kappa shape index (κ2) is 4.41. The van der Waals surface area contributed by atoms with Crippen LogP contribution in [-0.4, -0.2) is 0 Å². The average molecular weight is 235 g/mol. The van der Waals surface area contributed by atoms with Gasteiger partial charge in [-0.1, -0.05) is 0 Å². The second-order valence-electron chi connectivity index (χ2n) is 3.73. The Bertz CT molecular complexity index is 535. The molecule has 0 bridgehead atoms. The Kier molecular flexibility index (Phi) is 2.95. The lowest BCUT2D eigenvalue weighted by Gasteiger charge is -2.09. The largest absolute Gasteiger partial charge is 0.457 e. The molecule has 2 rings (SSSR count). The summed E-state index contributed by atoms with van der Waals surface area (Å²) in [5.74, 6) is -0.0537. The molecule has 0 heterocycles. The summed E-state index contributed by atoms with van der Waals surface area (Å²) >= 11 is 0. The van der Waals surface area contributed by atoms with Gasteiger partial charge in [0.1, 0.15) is 23.1 Å². The van der Waals surface area contributed by atoms with E-state index in [2.05, 4.69) is 0 Å². The van der Waals surface area contributed by atoms with Crippen molar-refractivity contribution in [2.45, 2.75) is 6.92 Å². The molecule has 2 N–H and O–H groups in total. The highest BCUT2D eigenvalue weighted by Gasteiger charge is 2.05. The molecule has 0 saturated carbocycles. The van der Waals surface area contributed by atoms with Crippen molar-refractivity contribution in [3.63, 3.8) is 0 Å². The van der Waals surface area contributed by atoms with E-state index in [1.807, 2.05) is 0 Å². The lowest BCUT2D eigenvalue weighted by molar-refractivity contribution is 0.471. The number of benzene rings is 2. The van der Waals surface area contributed by atoms with Gasteiger partial charge in [0.25, 0.3) is 0 Å². The SMILES string of the molecule is Cc1cc(F)ccc1Oc1cc(N)cc(F)c1. The highest BCUT2D eigenvalue weighted by atomic mass is 19.1. The zero-order valence-corrected chi connectivity index (χ0v) is 9.21. The number of anilines is 1. The summed E-state index contributed by atoms with van der Waals surface area (Å²) in [6.07, 6.45) is 0. The molecule has 0 amide bonds. The predicted molar refractivity (Wildman–Crippen MR) is 62.0 cm³/mol. The fourth-order valence-electron chi connectivity index (χ4n) is 1.50. The topological polar surface area (TPSA) is 35.2 Å². The molecule has 2 nitrogen and oxygen atoms in total. The highest BCUT2D eigenvalue weighted by molar-refractivity contribution is 5.46. The van der Waals surface area contributed by atoms with Crippen LogP contribution in [0, 0.1) is 18.6 Å². The first-order valence-electron chi connectivity index (χ1n) is 5.04. The van der Waals surface area contributed by atoms with Crippen molar-refractivity contribution in [1.29, 1.82) is 0 Å². The molecule has 4 heteroatoms. The molecule has 2 aromatic rings. The molecule has 0 aliphatic rings. The molecule has 0 aromatic heterocycles. The Morgan fingerprint density at radius 3 is 2.41 bits per heavy atom. The maximum absolute atomic E-state index is 13.1. The van der Waals surface area contributed by atoms with Gasteiger partial charge in [0, 0.05) is 17.8 Å². The second-order valence-corrected chi connectivity index (χ2v) is 3.73. The van der Waals surface area contributed by atoms with E-state index in [1.165, 1.54) is 36.4 Å². The minimum Gasteiger partial charge on any atom is -0.457 e. The van der Waals surface area contributed by atoms with Gasteiger partial charge in [-0.25, -0.2) is 8.78 Å². The fraction of sp³-hybridized carbons (Fsp3) is 0.0769. The van der Waals surface area contributed by atoms with Gasteiger partial charge in [-0.15, -0.1) is 0 Å². The number of aryl methyl sites for hydroxylation is 1. The molecule has 0 saturated heterocycles. The number of nitrogens with two attached hydrogens (primary N) is 1. The highest BCUT2D eigenvalue weighted by Crippen LogP contribution is 2.27. The zero-order chi connectivity index (χ0) is 12.4. The molecule has 0 aliphatic carbocycles. The predicted octanol–water partition coefficient (Wildman–Crippen LogP) is 3.65. The number of nitrogen functional groups attached to an aromatic ring is 1. The lowest BCUT2D eigenvalue weighted by atomic mass is 10.2. The number of hydrogen-bond donors (Lipinski definition) is 1. The van der Waals surface area contributed by atoms with Gasteiger partial charge < -0.3 is 10.5 Å². The number of ether oxygens (including phenoxy) is 1. The summed E-state index contributed by atoms with van der Waals surface area (Å²) in [5, 5.41) is 0. The van der Waals surface area contributed by atoms with E-state index in [1.54, 1.807) is 6.92 Å². The van der Waals surface area contributed by atoms with Crippen molar-refractivity contribution >= 4 is 5.69 Å². The minimum absolute atomic E-state index is 0.278. The van der Waals surface area contributed by atoms with Gasteiger partial charge in [0.2, 0.25) is 0 Å². The summed E-state index contributed by atoms with van der Waals surface area (Å²) in [6, 6.07) is 8.05. The average Bonchev–Trinajstić information content (AvgIpc) is 2.21. The Morgan fingerprint density at radius 2 is 1.76 bits per heavy atom. The molecule has 0 fully saturated rings. The lowest BCUT2D eigenvalue weighted by Crippen LogP contribution is -1.92. The van der Waals surface area contributed by atoms with Crippen molar-refractivity contribution in [2.75, 3.05) is 5.73 Å². The van der Waals surface area contributed by atoms with Crippen LogP contribution in [0.3, 0.4) is 0 Å². The van der Waals surface area contributed by atoms with E-state index >= 15 is 0 Å².